The van der Waals surface area contributed by atoms with Crippen LogP contribution in [0, 0.1) is 6.92 Å². The van der Waals surface area contributed by atoms with Gasteiger partial charge in [-0.05, 0) is 25.1 Å². The van der Waals surface area contributed by atoms with Crippen LogP contribution in [-0.2, 0) is 7.05 Å². The maximum absolute atomic E-state index is 10.9. The van der Waals surface area contributed by atoms with Gasteiger partial charge in [0.05, 0.1) is 5.69 Å². The van der Waals surface area contributed by atoms with E-state index in [0.717, 1.165) is 16.6 Å². The van der Waals surface area contributed by atoms with E-state index in [1.54, 1.807) is 6.07 Å². The van der Waals surface area contributed by atoms with Gasteiger partial charge in [-0.1, -0.05) is 11.6 Å². The molecule has 0 fully saturated rings. The number of rotatable bonds is 2. The van der Waals surface area contributed by atoms with Crippen LogP contribution >= 0.6 is 0 Å². The molecule has 0 aliphatic rings. The topological polar surface area (TPSA) is 70.9 Å². The highest BCUT2D eigenvalue weighted by Gasteiger charge is 2.13. The molecule has 5 nitrogen and oxygen atoms in total. The van der Waals surface area contributed by atoms with E-state index >= 15 is 0 Å². The number of fused-ring (bicyclic) bond motifs is 1. The Kier molecular flexibility index (Phi) is 2.41. The molecule has 2 heterocycles. The van der Waals surface area contributed by atoms with Gasteiger partial charge in [0.25, 0.3) is 0 Å². The van der Waals surface area contributed by atoms with Crippen LogP contribution in [0.25, 0.3) is 22.3 Å². The molecule has 3 rings (SSSR count). The summed E-state index contributed by atoms with van der Waals surface area (Å²) in [6.07, 6.45) is 0. The van der Waals surface area contributed by atoms with Crippen LogP contribution in [0.5, 0.6) is 0 Å². The van der Waals surface area contributed by atoms with Gasteiger partial charge in [0.1, 0.15) is 11.4 Å². The van der Waals surface area contributed by atoms with Crippen LogP contribution in [0.1, 0.15) is 16.1 Å². The number of carbonyl (C=O) groups is 1. The van der Waals surface area contributed by atoms with E-state index in [1.807, 2.05) is 24.6 Å². The first kappa shape index (κ1) is 11.5. The lowest BCUT2D eigenvalue weighted by molar-refractivity contribution is 0.0690. The molecule has 3 aromatic rings. The predicted molar refractivity (Wildman–Crippen MR) is 72.2 cm³/mol. The van der Waals surface area contributed by atoms with E-state index < -0.39 is 5.97 Å². The predicted octanol–water partition coefficient (Wildman–Crippen LogP) is 2.58. The fourth-order valence-electron chi connectivity index (χ4n) is 2.28. The third-order valence-electron chi connectivity index (χ3n) is 3.27. The highest BCUT2D eigenvalue weighted by atomic mass is 16.4. The average molecular weight is 255 g/mol. The Morgan fingerprint density at radius 2 is 2.11 bits per heavy atom. The lowest BCUT2D eigenvalue weighted by atomic mass is 10.2. The molecule has 1 aromatic carbocycles. The Labute approximate surface area is 109 Å². The van der Waals surface area contributed by atoms with E-state index in [-0.39, 0.29) is 5.69 Å². The molecular formula is C14H13N3O2. The molecule has 0 saturated heterocycles. The summed E-state index contributed by atoms with van der Waals surface area (Å²) in [5.41, 5.74) is 3.91. The summed E-state index contributed by atoms with van der Waals surface area (Å²) in [6.45, 7) is 2.04. The molecule has 0 amide bonds. The number of benzene rings is 1. The SMILES string of the molecule is Cc1ccc2c(c1)cc(-c1cc(C(=O)O)[nH]n1)n2C. The number of aromatic carboxylic acids is 1. The van der Waals surface area contributed by atoms with Crippen LogP contribution < -0.4 is 0 Å². The van der Waals surface area contributed by atoms with Gasteiger partial charge in [-0.3, -0.25) is 5.10 Å². The van der Waals surface area contributed by atoms with E-state index in [9.17, 15) is 4.79 Å². The first-order valence-corrected chi connectivity index (χ1v) is 5.91. The normalized spacial score (nSPS) is 11.1. The molecule has 0 atom stereocenters. The molecule has 2 N–H and O–H groups in total. The first-order valence-electron chi connectivity index (χ1n) is 5.91. The highest BCUT2D eigenvalue weighted by Crippen LogP contribution is 2.27. The average Bonchev–Trinajstić information content (AvgIpc) is 2.94. The Hall–Kier alpha value is -2.56. The summed E-state index contributed by atoms with van der Waals surface area (Å²) >= 11 is 0. The number of carboxylic acid groups (broad SMARTS) is 1. The lowest BCUT2D eigenvalue weighted by Crippen LogP contribution is -1.95. The van der Waals surface area contributed by atoms with Gasteiger partial charge < -0.3 is 9.67 Å². The van der Waals surface area contributed by atoms with Crippen molar-refractivity contribution >= 4 is 16.9 Å². The highest BCUT2D eigenvalue weighted by molar-refractivity contribution is 5.89. The van der Waals surface area contributed by atoms with Crippen LogP contribution in [0.3, 0.4) is 0 Å². The standard InChI is InChI=1S/C14H13N3O2/c1-8-3-4-12-9(5-8)6-13(17(12)2)10-7-11(14(18)19)16-15-10/h3-7H,1-2H3,(H,15,16)(H,18,19). The Balaban J connectivity index is 2.18. The van der Waals surface area contributed by atoms with Crippen LogP contribution in [0.4, 0.5) is 0 Å². The molecule has 0 aliphatic heterocycles. The van der Waals surface area contributed by atoms with Crippen molar-refractivity contribution in [1.82, 2.24) is 14.8 Å². The van der Waals surface area contributed by atoms with Gasteiger partial charge in [-0.2, -0.15) is 5.10 Å². The van der Waals surface area contributed by atoms with Gasteiger partial charge in [-0.15, -0.1) is 0 Å². The Bertz CT molecular complexity index is 783. The fraction of sp³-hybridized carbons (Fsp3) is 0.143. The molecule has 0 unspecified atom stereocenters. The molecule has 5 heteroatoms. The van der Waals surface area contributed by atoms with Gasteiger partial charge in [0.15, 0.2) is 0 Å². The fourth-order valence-corrected chi connectivity index (χ4v) is 2.28. The van der Waals surface area contributed by atoms with Crippen LogP contribution in [0.15, 0.2) is 30.3 Å². The number of nitrogens with zero attached hydrogens (tertiary/aromatic N) is 2. The number of aromatic amines is 1. The number of aryl methyl sites for hydroxylation is 2. The maximum atomic E-state index is 10.9. The van der Waals surface area contributed by atoms with Crippen LogP contribution in [0.2, 0.25) is 0 Å². The maximum Gasteiger partial charge on any atom is 0.353 e. The summed E-state index contributed by atoms with van der Waals surface area (Å²) in [7, 11) is 1.95. The number of aromatic nitrogens is 3. The summed E-state index contributed by atoms with van der Waals surface area (Å²) in [6, 6.07) is 9.77. The summed E-state index contributed by atoms with van der Waals surface area (Å²) in [5, 5.41) is 16.6. The minimum absolute atomic E-state index is 0.0939. The number of carboxylic acids is 1. The second-order valence-electron chi connectivity index (χ2n) is 4.62. The number of nitrogens with one attached hydrogen (secondary N) is 1. The molecular weight excluding hydrogens is 242 g/mol. The van der Waals surface area contributed by atoms with Gasteiger partial charge in [0, 0.05) is 24.0 Å². The van der Waals surface area contributed by atoms with E-state index in [2.05, 4.69) is 28.4 Å². The Morgan fingerprint density at radius 1 is 1.32 bits per heavy atom. The quantitative estimate of drug-likeness (QED) is 0.739. The zero-order chi connectivity index (χ0) is 13.6. The summed E-state index contributed by atoms with van der Waals surface area (Å²) in [5.74, 6) is -1.01. The van der Waals surface area contributed by atoms with Gasteiger partial charge >= 0.3 is 5.97 Å². The number of H-pyrrole nitrogens is 1. The second-order valence-corrected chi connectivity index (χ2v) is 4.62. The second kappa shape index (κ2) is 3.98. The zero-order valence-corrected chi connectivity index (χ0v) is 10.6. The largest absolute Gasteiger partial charge is 0.477 e. The Morgan fingerprint density at radius 3 is 2.79 bits per heavy atom. The number of hydrogen-bond acceptors (Lipinski definition) is 2. The minimum atomic E-state index is -1.01. The van der Waals surface area contributed by atoms with Crippen LogP contribution in [-0.4, -0.2) is 25.8 Å². The molecule has 0 saturated carbocycles. The monoisotopic (exact) mass is 255 g/mol. The van der Waals surface area contributed by atoms with Crippen molar-refractivity contribution in [2.24, 2.45) is 7.05 Å². The van der Waals surface area contributed by atoms with Crippen molar-refractivity contribution < 1.29 is 9.90 Å². The summed E-state index contributed by atoms with van der Waals surface area (Å²) < 4.78 is 2.01. The van der Waals surface area contributed by atoms with E-state index in [0.29, 0.717) is 5.69 Å². The van der Waals surface area contributed by atoms with Gasteiger partial charge in [0.2, 0.25) is 0 Å². The molecule has 96 valence electrons. The van der Waals surface area contributed by atoms with Gasteiger partial charge in [-0.25, -0.2) is 4.79 Å². The van der Waals surface area contributed by atoms with Crippen molar-refractivity contribution in [2.75, 3.05) is 0 Å². The molecule has 19 heavy (non-hydrogen) atoms. The minimum Gasteiger partial charge on any atom is -0.477 e. The molecule has 0 bridgehead atoms. The van der Waals surface area contributed by atoms with Crippen molar-refractivity contribution in [2.45, 2.75) is 6.92 Å². The smallest absolute Gasteiger partial charge is 0.353 e. The number of hydrogen-bond donors (Lipinski definition) is 2. The van der Waals surface area contributed by atoms with Crippen molar-refractivity contribution in [3.63, 3.8) is 0 Å². The van der Waals surface area contributed by atoms with Crippen molar-refractivity contribution in [1.29, 1.82) is 0 Å². The first-order chi connectivity index (χ1) is 9.06. The lowest BCUT2D eigenvalue weighted by Gasteiger charge is -2.00. The molecule has 2 aromatic heterocycles. The van der Waals surface area contributed by atoms with E-state index in [1.165, 1.54) is 5.56 Å². The molecule has 0 aliphatic carbocycles. The molecule has 0 radical (unpaired) electrons. The third kappa shape index (κ3) is 1.79. The summed E-state index contributed by atoms with van der Waals surface area (Å²) in [4.78, 5) is 10.9. The van der Waals surface area contributed by atoms with Crippen molar-refractivity contribution in [3.8, 4) is 11.4 Å². The van der Waals surface area contributed by atoms with E-state index in [4.69, 9.17) is 5.11 Å². The molecule has 0 spiro atoms. The third-order valence-corrected chi connectivity index (χ3v) is 3.27. The van der Waals surface area contributed by atoms with Crippen molar-refractivity contribution in [3.05, 3.63) is 41.6 Å². The zero-order valence-electron chi connectivity index (χ0n) is 10.6.